The van der Waals surface area contributed by atoms with Gasteiger partial charge in [-0.3, -0.25) is 0 Å². The van der Waals surface area contributed by atoms with Crippen LogP contribution in [0.15, 0.2) is 54.6 Å². The van der Waals surface area contributed by atoms with E-state index in [1.54, 1.807) is 30.3 Å². The van der Waals surface area contributed by atoms with Gasteiger partial charge in [-0.2, -0.15) is 5.10 Å². The van der Waals surface area contributed by atoms with Gasteiger partial charge in [0.25, 0.3) is 0 Å². The molecule has 6 nitrogen and oxygen atoms in total. The number of nitrogens with one attached hydrogen (secondary N) is 2. The predicted molar refractivity (Wildman–Crippen MR) is 102 cm³/mol. The van der Waals surface area contributed by atoms with Crippen molar-refractivity contribution < 1.29 is 9.53 Å². The number of urea groups is 1. The standard InChI is InChI=1S/C20H20N4O2/c1-13-6-4-9-18(15(13)3)22-20(25)21-16-7-5-8-17(12-16)26-19-11-10-14(2)23-24-19/h4-12H,1-3H3,(H2,21,22,25). The van der Waals surface area contributed by atoms with Gasteiger partial charge in [-0.25, -0.2) is 4.79 Å². The summed E-state index contributed by atoms with van der Waals surface area (Å²) in [5.41, 5.74) is 4.38. The number of benzene rings is 2. The van der Waals surface area contributed by atoms with Crippen LogP contribution in [-0.4, -0.2) is 16.2 Å². The number of hydrogen-bond donors (Lipinski definition) is 2. The average molecular weight is 348 g/mol. The van der Waals surface area contributed by atoms with Crippen molar-refractivity contribution in [1.29, 1.82) is 0 Å². The summed E-state index contributed by atoms with van der Waals surface area (Å²) in [4.78, 5) is 12.3. The van der Waals surface area contributed by atoms with Gasteiger partial charge >= 0.3 is 6.03 Å². The predicted octanol–water partition coefficient (Wildman–Crippen LogP) is 4.84. The Morgan fingerprint density at radius 2 is 1.73 bits per heavy atom. The molecule has 2 amide bonds. The molecular weight excluding hydrogens is 328 g/mol. The molecule has 6 heteroatoms. The van der Waals surface area contributed by atoms with Crippen molar-refractivity contribution in [2.75, 3.05) is 10.6 Å². The average Bonchev–Trinajstić information content (AvgIpc) is 2.61. The Labute approximate surface area is 152 Å². The lowest BCUT2D eigenvalue weighted by molar-refractivity contribution is 0.262. The minimum absolute atomic E-state index is 0.314. The Kier molecular flexibility index (Phi) is 5.12. The lowest BCUT2D eigenvalue weighted by Crippen LogP contribution is -2.20. The molecule has 0 fully saturated rings. The molecule has 0 spiro atoms. The minimum Gasteiger partial charge on any atom is -0.437 e. The Hall–Kier alpha value is -3.41. The Morgan fingerprint density at radius 1 is 0.923 bits per heavy atom. The third kappa shape index (κ3) is 4.36. The highest BCUT2D eigenvalue weighted by atomic mass is 16.5. The third-order valence-corrected chi connectivity index (χ3v) is 3.94. The van der Waals surface area contributed by atoms with Gasteiger partial charge in [-0.15, -0.1) is 5.10 Å². The van der Waals surface area contributed by atoms with Crippen LogP contribution in [0.25, 0.3) is 0 Å². The van der Waals surface area contributed by atoms with Crippen LogP contribution in [0.5, 0.6) is 11.6 Å². The van der Waals surface area contributed by atoms with E-state index in [0.29, 0.717) is 17.3 Å². The summed E-state index contributed by atoms with van der Waals surface area (Å²) in [5, 5.41) is 13.6. The van der Waals surface area contributed by atoms with Gasteiger partial charge in [0.05, 0.1) is 5.69 Å². The van der Waals surface area contributed by atoms with E-state index in [1.807, 2.05) is 45.0 Å². The summed E-state index contributed by atoms with van der Waals surface area (Å²) in [5.74, 6) is 0.959. The van der Waals surface area contributed by atoms with Crippen molar-refractivity contribution >= 4 is 17.4 Å². The first-order valence-electron chi connectivity index (χ1n) is 8.24. The van der Waals surface area contributed by atoms with Gasteiger partial charge in [0.2, 0.25) is 5.88 Å². The zero-order valence-electron chi connectivity index (χ0n) is 14.9. The van der Waals surface area contributed by atoms with E-state index >= 15 is 0 Å². The highest BCUT2D eigenvalue weighted by Crippen LogP contribution is 2.23. The molecule has 0 saturated carbocycles. The van der Waals surface area contributed by atoms with E-state index in [2.05, 4.69) is 20.8 Å². The van der Waals surface area contributed by atoms with Crippen LogP contribution in [0.3, 0.4) is 0 Å². The summed E-state index contributed by atoms with van der Waals surface area (Å²) in [6.07, 6.45) is 0. The Balaban J connectivity index is 1.67. The zero-order valence-corrected chi connectivity index (χ0v) is 14.9. The number of rotatable bonds is 4. The first-order chi connectivity index (χ1) is 12.5. The lowest BCUT2D eigenvalue weighted by Gasteiger charge is -2.12. The van der Waals surface area contributed by atoms with Gasteiger partial charge in [0.15, 0.2) is 0 Å². The van der Waals surface area contributed by atoms with Gasteiger partial charge in [-0.05, 0) is 56.2 Å². The second-order valence-electron chi connectivity index (χ2n) is 5.97. The number of hydrogen-bond acceptors (Lipinski definition) is 4. The van der Waals surface area contributed by atoms with Crippen molar-refractivity contribution in [3.63, 3.8) is 0 Å². The highest BCUT2D eigenvalue weighted by molar-refractivity contribution is 6.00. The number of amides is 2. The van der Waals surface area contributed by atoms with Gasteiger partial charge in [0.1, 0.15) is 5.75 Å². The summed E-state index contributed by atoms with van der Waals surface area (Å²) >= 11 is 0. The number of aromatic nitrogens is 2. The number of anilines is 2. The highest BCUT2D eigenvalue weighted by Gasteiger charge is 2.07. The maximum Gasteiger partial charge on any atom is 0.323 e. The first kappa shape index (κ1) is 17.4. The van der Waals surface area contributed by atoms with Crippen molar-refractivity contribution in [1.82, 2.24) is 10.2 Å². The smallest absolute Gasteiger partial charge is 0.323 e. The molecule has 2 N–H and O–H groups in total. The second kappa shape index (κ2) is 7.65. The monoisotopic (exact) mass is 348 g/mol. The molecule has 0 atom stereocenters. The molecule has 1 heterocycles. The molecule has 2 aromatic carbocycles. The van der Waals surface area contributed by atoms with Crippen molar-refractivity contribution in [3.8, 4) is 11.6 Å². The van der Waals surface area contributed by atoms with Crippen molar-refractivity contribution in [2.24, 2.45) is 0 Å². The molecule has 0 bridgehead atoms. The van der Waals surface area contributed by atoms with Crippen molar-refractivity contribution in [2.45, 2.75) is 20.8 Å². The van der Waals surface area contributed by atoms with Gasteiger partial charge in [-0.1, -0.05) is 18.2 Å². The van der Waals surface area contributed by atoms with Crippen LogP contribution in [0.4, 0.5) is 16.2 Å². The topological polar surface area (TPSA) is 76.1 Å². The van der Waals surface area contributed by atoms with E-state index in [9.17, 15) is 4.79 Å². The van der Waals surface area contributed by atoms with Gasteiger partial charge in [0, 0.05) is 23.5 Å². The van der Waals surface area contributed by atoms with E-state index in [1.165, 1.54) is 0 Å². The number of ether oxygens (including phenoxy) is 1. The number of carbonyl (C=O) groups excluding carboxylic acids is 1. The third-order valence-electron chi connectivity index (χ3n) is 3.94. The Bertz CT molecular complexity index is 923. The quantitative estimate of drug-likeness (QED) is 0.707. The molecule has 1 aromatic heterocycles. The van der Waals surface area contributed by atoms with E-state index in [0.717, 1.165) is 22.5 Å². The second-order valence-corrected chi connectivity index (χ2v) is 5.97. The molecule has 0 unspecified atom stereocenters. The molecule has 3 aromatic rings. The largest absolute Gasteiger partial charge is 0.437 e. The van der Waals surface area contributed by atoms with E-state index in [-0.39, 0.29) is 6.03 Å². The SMILES string of the molecule is Cc1ccc(Oc2cccc(NC(=O)Nc3cccc(C)c3C)c2)nn1. The van der Waals surface area contributed by atoms with E-state index in [4.69, 9.17) is 4.74 Å². The minimum atomic E-state index is -0.314. The fraction of sp³-hybridized carbons (Fsp3) is 0.150. The fourth-order valence-corrected chi connectivity index (χ4v) is 2.37. The molecule has 3 rings (SSSR count). The van der Waals surface area contributed by atoms with Crippen LogP contribution in [-0.2, 0) is 0 Å². The Morgan fingerprint density at radius 3 is 2.50 bits per heavy atom. The van der Waals surface area contributed by atoms with Crippen LogP contribution < -0.4 is 15.4 Å². The molecule has 0 aliphatic rings. The summed E-state index contributed by atoms with van der Waals surface area (Å²) in [6, 6.07) is 16.1. The summed E-state index contributed by atoms with van der Waals surface area (Å²) < 4.78 is 5.66. The molecule has 132 valence electrons. The number of aryl methyl sites for hydroxylation is 2. The van der Waals surface area contributed by atoms with Crippen LogP contribution >= 0.6 is 0 Å². The lowest BCUT2D eigenvalue weighted by atomic mass is 10.1. The molecule has 0 aliphatic heterocycles. The molecular formula is C20H20N4O2. The maximum absolute atomic E-state index is 12.3. The maximum atomic E-state index is 12.3. The molecule has 0 aliphatic carbocycles. The zero-order chi connectivity index (χ0) is 18.5. The summed E-state index contributed by atoms with van der Waals surface area (Å²) in [6.45, 7) is 5.84. The van der Waals surface area contributed by atoms with Gasteiger partial charge < -0.3 is 15.4 Å². The normalized spacial score (nSPS) is 10.3. The molecule has 0 radical (unpaired) electrons. The summed E-state index contributed by atoms with van der Waals surface area (Å²) in [7, 11) is 0. The molecule has 0 saturated heterocycles. The first-order valence-corrected chi connectivity index (χ1v) is 8.24. The molecule has 26 heavy (non-hydrogen) atoms. The van der Waals surface area contributed by atoms with E-state index < -0.39 is 0 Å². The number of carbonyl (C=O) groups is 1. The van der Waals surface area contributed by atoms with Crippen molar-refractivity contribution in [3.05, 3.63) is 71.4 Å². The number of nitrogens with zero attached hydrogens (tertiary/aromatic N) is 2. The van der Waals surface area contributed by atoms with Crippen LogP contribution in [0, 0.1) is 20.8 Å². The fourth-order valence-electron chi connectivity index (χ4n) is 2.37. The van der Waals surface area contributed by atoms with Crippen LogP contribution in [0.1, 0.15) is 16.8 Å². The van der Waals surface area contributed by atoms with Crippen LogP contribution in [0.2, 0.25) is 0 Å².